The minimum atomic E-state index is 0.0485. The lowest BCUT2D eigenvalue weighted by Gasteiger charge is -2.23. The number of unbranched alkanes of at least 4 members (excludes halogenated alkanes) is 1. The Morgan fingerprint density at radius 2 is 2.10 bits per heavy atom. The molecule has 1 aromatic rings. The molecule has 4 heteroatoms. The van der Waals surface area contributed by atoms with Gasteiger partial charge in [-0.1, -0.05) is 32.6 Å². The Morgan fingerprint density at radius 1 is 1.30 bits per heavy atom. The highest BCUT2D eigenvalue weighted by atomic mass is 16.1. The summed E-state index contributed by atoms with van der Waals surface area (Å²) < 4.78 is 0. The van der Waals surface area contributed by atoms with Crippen LogP contribution < -0.4 is 10.6 Å². The predicted octanol–water partition coefficient (Wildman–Crippen LogP) is 3.95. The molecule has 1 fully saturated rings. The van der Waals surface area contributed by atoms with Gasteiger partial charge in [0.15, 0.2) is 0 Å². The van der Waals surface area contributed by atoms with Gasteiger partial charge in [0.05, 0.1) is 11.9 Å². The zero-order valence-electron chi connectivity index (χ0n) is 12.3. The lowest BCUT2D eigenvalue weighted by atomic mass is 9.95. The van der Waals surface area contributed by atoms with Gasteiger partial charge in [0.1, 0.15) is 5.82 Å². The summed E-state index contributed by atoms with van der Waals surface area (Å²) in [6.45, 7) is 2.08. The molecule has 0 bridgehead atoms. The predicted molar refractivity (Wildman–Crippen MR) is 82.9 cm³/mol. The number of carbonyl (C=O) groups excluding carboxylic acids is 1. The molecule has 1 aromatic heterocycles. The number of pyridine rings is 1. The summed E-state index contributed by atoms with van der Waals surface area (Å²) in [5.74, 6) is 0.688. The minimum absolute atomic E-state index is 0.0485. The number of nitrogens with zero attached hydrogens (tertiary/aromatic N) is 1. The van der Waals surface area contributed by atoms with Crippen molar-refractivity contribution in [3.63, 3.8) is 0 Å². The molecule has 0 radical (unpaired) electrons. The number of anilines is 2. The third-order valence-corrected chi connectivity index (χ3v) is 3.76. The van der Waals surface area contributed by atoms with Crippen LogP contribution in [0.4, 0.5) is 11.5 Å². The van der Waals surface area contributed by atoms with E-state index >= 15 is 0 Å². The van der Waals surface area contributed by atoms with E-state index in [-0.39, 0.29) is 5.91 Å². The molecule has 2 rings (SSSR count). The van der Waals surface area contributed by atoms with Gasteiger partial charge in [-0.05, 0) is 31.4 Å². The van der Waals surface area contributed by atoms with E-state index in [0.717, 1.165) is 18.5 Å². The highest BCUT2D eigenvalue weighted by Gasteiger charge is 2.12. The molecule has 4 nitrogen and oxygen atoms in total. The molecule has 0 spiro atoms. The van der Waals surface area contributed by atoms with E-state index in [2.05, 4.69) is 22.5 Å². The van der Waals surface area contributed by atoms with Gasteiger partial charge < -0.3 is 10.6 Å². The van der Waals surface area contributed by atoms with E-state index in [1.54, 1.807) is 0 Å². The maximum Gasteiger partial charge on any atom is 0.225 e. The molecule has 1 heterocycles. The van der Waals surface area contributed by atoms with Gasteiger partial charge in [0, 0.05) is 12.5 Å². The number of hydrogen-bond donors (Lipinski definition) is 2. The monoisotopic (exact) mass is 275 g/mol. The fourth-order valence-electron chi connectivity index (χ4n) is 2.58. The second-order valence-electron chi connectivity index (χ2n) is 5.56. The van der Waals surface area contributed by atoms with Crippen molar-refractivity contribution < 1.29 is 4.79 Å². The van der Waals surface area contributed by atoms with Crippen molar-refractivity contribution in [3.8, 4) is 0 Å². The molecule has 0 atom stereocenters. The molecule has 1 amide bonds. The van der Waals surface area contributed by atoms with Crippen molar-refractivity contribution in [1.82, 2.24) is 4.98 Å². The van der Waals surface area contributed by atoms with Gasteiger partial charge in [-0.3, -0.25) is 4.79 Å². The number of hydrogen-bond acceptors (Lipinski definition) is 3. The van der Waals surface area contributed by atoms with E-state index in [1.165, 1.54) is 32.1 Å². The molecule has 20 heavy (non-hydrogen) atoms. The summed E-state index contributed by atoms with van der Waals surface area (Å²) in [6.07, 6.45) is 10.8. The van der Waals surface area contributed by atoms with Gasteiger partial charge in [0.25, 0.3) is 0 Å². The molecule has 1 aliphatic carbocycles. The van der Waals surface area contributed by atoms with Crippen LogP contribution >= 0.6 is 0 Å². The average Bonchev–Trinajstić information content (AvgIpc) is 2.48. The van der Waals surface area contributed by atoms with Gasteiger partial charge in [-0.2, -0.15) is 0 Å². The van der Waals surface area contributed by atoms with Gasteiger partial charge >= 0.3 is 0 Å². The van der Waals surface area contributed by atoms with Crippen molar-refractivity contribution in [2.75, 3.05) is 10.6 Å². The van der Waals surface area contributed by atoms with Crippen LogP contribution in [0.1, 0.15) is 58.3 Å². The van der Waals surface area contributed by atoms with Crippen LogP contribution in [0.25, 0.3) is 0 Å². The Kier molecular flexibility index (Phi) is 5.84. The van der Waals surface area contributed by atoms with Crippen molar-refractivity contribution >= 4 is 17.4 Å². The SMILES string of the molecule is CCCCC(=O)Nc1ccc(NC2CCCCC2)cn1. The van der Waals surface area contributed by atoms with Gasteiger partial charge in [-0.25, -0.2) is 4.98 Å². The zero-order chi connectivity index (χ0) is 14.2. The first-order valence-electron chi connectivity index (χ1n) is 7.80. The van der Waals surface area contributed by atoms with Crippen molar-refractivity contribution in [2.45, 2.75) is 64.3 Å². The van der Waals surface area contributed by atoms with E-state index < -0.39 is 0 Å². The molecular weight excluding hydrogens is 250 g/mol. The molecule has 0 saturated heterocycles. The summed E-state index contributed by atoms with van der Waals surface area (Å²) in [6, 6.07) is 4.45. The smallest absolute Gasteiger partial charge is 0.225 e. The first kappa shape index (κ1) is 14.8. The van der Waals surface area contributed by atoms with E-state index in [4.69, 9.17) is 0 Å². The quantitative estimate of drug-likeness (QED) is 0.826. The van der Waals surface area contributed by atoms with Crippen LogP contribution in [-0.4, -0.2) is 16.9 Å². The third kappa shape index (κ3) is 4.83. The van der Waals surface area contributed by atoms with Gasteiger partial charge in [-0.15, -0.1) is 0 Å². The molecule has 0 aromatic carbocycles. The molecule has 0 unspecified atom stereocenters. The second kappa shape index (κ2) is 7.88. The first-order valence-corrected chi connectivity index (χ1v) is 7.80. The average molecular weight is 275 g/mol. The van der Waals surface area contributed by atoms with Crippen LogP contribution in [-0.2, 0) is 4.79 Å². The van der Waals surface area contributed by atoms with Crippen molar-refractivity contribution in [1.29, 1.82) is 0 Å². The minimum Gasteiger partial charge on any atom is -0.381 e. The maximum atomic E-state index is 11.6. The number of rotatable bonds is 6. The Balaban J connectivity index is 1.81. The summed E-state index contributed by atoms with van der Waals surface area (Å²) in [4.78, 5) is 15.9. The Morgan fingerprint density at radius 3 is 2.75 bits per heavy atom. The highest BCUT2D eigenvalue weighted by molar-refractivity contribution is 5.89. The Bertz CT molecular complexity index is 410. The summed E-state index contributed by atoms with van der Waals surface area (Å²) >= 11 is 0. The molecule has 110 valence electrons. The summed E-state index contributed by atoms with van der Waals surface area (Å²) in [7, 11) is 0. The van der Waals surface area contributed by atoms with Crippen LogP contribution in [0.3, 0.4) is 0 Å². The van der Waals surface area contributed by atoms with E-state index in [0.29, 0.717) is 18.3 Å². The van der Waals surface area contributed by atoms with Crippen LogP contribution in [0.15, 0.2) is 18.3 Å². The molecule has 1 saturated carbocycles. The standard InChI is InChI=1S/C16H25N3O/c1-2-3-9-16(20)19-15-11-10-14(12-17-15)18-13-7-5-4-6-8-13/h10-13,18H,2-9H2,1H3,(H,17,19,20). The van der Waals surface area contributed by atoms with Crippen LogP contribution in [0.2, 0.25) is 0 Å². The fraction of sp³-hybridized carbons (Fsp3) is 0.625. The maximum absolute atomic E-state index is 11.6. The first-order chi connectivity index (χ1) is 9.78. The highest BCUT2D eigenvalue weighted by Crippen LogP contribution is 2.21. The molecule has 0 aliphatic heterocycles. The van der Waals surface area contributed by atoms with E-state index in [9.17, 15) is 4.79 Å². The summed E-state index contributed by atoms with van der Waals surface area (Å²) in [5.41, 5.74) is 1.04. The lowest BCUT2D eigenvalue weighted by Crippen LogP contribution is -2.22. The normalized spacial score (nSPS) is 15.8. The Hall–Kier alpha value is -1.58. The summed E-state index contributed by atoms with van der Waals surface area (Å²) in [5, 5.41) is 6.35. The Labute approximate surface area is 121 Å². The third-order valence-electron chi connectivity index (χ3n) is 3.76. The second-order valence-corrected chi connectivity index (χ2v) is 5.56. The molecular formula is C16H25N3O. The number of amides is 1. The van der Waals surface area contributed by atoms with E-state index in [1.807, 2.05) is 18.3 Å². The molecule has 2 N–H and O–H groups in total. The number of aromatic nitrogens is 1. The van der Waals surface area contributed by atoms with Crippen molar-refractivity contribution in [3.05, 3.63) is 18.3 Å². The number of nitrogens with one attached hydrogen (secondary N) is 2. The topological polar surface area (TPSA) is 54.0 Å². The largest absolute Gasteiger partial charge is 0.381 e. The lowest BCUT2D eigenvalue weighted by molar-refractivity contribution is -0.116. The van der Waals surface area contributed by atoms with Crippen LogP contribution in [0, 0.1) is 0 Å². The zero-order valence-corrected chi connectivity index (χ0v) is 12.3. The fourth-order valence-corrected chi connectivity index (χ4v) is 2.58. The van der Waals surface area contributed by atoms with Crippen molar-refractivity contribution in [2.24, 2.45) is 0 Å². The molecule has 1 aliphatic rings. The number of carbonyl (C=O) groups is 1. The van der Waals surface area contributed by atoms with Crippen LogP contribution in [0.5, 0.6) is 0 Å². The van der Waals surface area contributed by atoms with Gasteiger partial charge in [0.2, 0.25) is 5.91 Å².